The van der Waals surface area contributed by atoms with Gasteiger partial charge in [0.1, 0.15) is 0 Å². The fourth-order valence-electron chi connectivity index (χ4n) is 1.88. The molecule has 90 valence electrons. The number of rotatable bonds is 6. The van der Waals surface area contributed by atoms with E-state index in [4.69, 9.17) is 0 Å². The second kappa shape index (κ2) is 6.21. The minimum atomic E-state index is 1.10. The van der Waals surface area contributed by atoms with Gasteiger partial charge in [0.05, 0.1) is 6.33 Å². The van der Waals surface area contributed by atoms with Gasteiger partial charge in [0, 0.05) is 18.1 Å². The summed E-state index contributed by atoms with van der Waals surface area (Å²) in [7, 11) is 2.00. The summed E-state index contributed by atoms with van der Waals surface area (Å²) in [5.41, 5.74) is 2.58. The molecule has 3 nitrogen and oxygen atoms in total. The van der Waals surface area contributed by atoms with E-state index in [9.17, 15) is 0 Å². The molecular formula is C14H19N3. The first-order chi connectivity index (χ1) is 8.40. The van der Waals surface area contributed by atoms with E-state index in [1.54, 1.807) is 6.20 Å². The number of imidazole rings is 1. The highest BCUT2D eigenvalue weighted by Gasteiger charge is 1.96. The molecule has 0 spiro atoms. The van der Waals surface area contributed by atoms with Crippen LogP contribution in [0.3, 0.4) is 0 Å². The Bertz CT molecular complexity index is 417. The van der Waals surface area contributed by atoms with E-state index in [0.717, 1.165) is 13.0 Å². The van der Waals surface area contributed by atoms with Crippen LogP contribution < -0.4 is 5.32 Å². The molecule has 2 aromatic rings. The third kappa shape index (κ3) is 3.43. The number of aryl methyl sites for hydroxylation is 1. The lowest BCUT2D eigenvalue weighted by Crippen LogP contribution is -2.07. The van der Waals surface area contributed by atoms with Gasteiger partial charge < -0.3 is 9.88 Å². The number of hydrogen-bond acceptors (Lipinski definition) is 2. The Hall–Kier alpha value is -1.61. The van der Waals surface area contributed by atoms with Gasteiger partial charge in [-0.3, -0.25) is 0 Å². The van der Waals surface area contributed by atoms with Crippen molar-refractivity contribution in [3.05, 3.63) is 48.5 Å². The average molecular weight is 229 g/mol. The van der Waals surface area contributed by atoms with Crippen molar-refractivity contribution >= 4 is 0 Å². The zero-order valence-electron chi connectivity index (χ0n) is 10.3. The Morgan fingerprint density at radius 3 is 2.65 bits per heavy atom. The maximum atomic E-state index is 4.05. The zero-order valence-corrected chi connectivity index (χ0v) is 10.3. The second-order valence-electron chi connectivity index (χ2n) is 4.20. The fraction of sp³-hybridized carbons (Fsp3) is 0.357. The van der Waals surface area contributed by atoms with Crippen molar-refractivity contribution in [1.82, 2.24) is 14.9 Å². The van der Waals surface area contributed by atoms with Crippen LogP contribution in [0.15, 0.2) is 43.0 Å². The van der Waals surface area contributed by atoms with Crippen molar-refractivity contribution in [2.75, 3.05) is 13.6 Å². The molecule has 0 aliphatic carbocycles. The van der Waals surface area contributed by atoms with Gasteiger partial charge >= 0.3 is 0 Å². The molecule has 1 heterocycles. The quantitative estimate of drug-likeness (QED) is 0.771. The van der Waals surface area contributed by atoms with E-state index in [1.165, 1.54) is 24.1 Å². The summed E-state index contributed by atoms with van der Waals surface area (Å²) >= 11 is 0. The minimum Gasteiger partial charge on any atom is -0.320 e. The third-order valence-corrected chi connectivity index (χ3v) is 2.88. The largest absolute Gasteiger partial charge is 0.320 e. The molecule has 0 aliphatic rings. The van der Waals surface area contributed by atoms with Crippen molar-refractivity contribution in [1.29, 1.82) is 0 Å². The van der Waals surface area contributed by atoms with Crippen LogP contribution in [-0.2, 0) is 6.42 Å². The maximum absolute atomic E-state index is 4.05. The number of unbranched alkanes of at least 4 members (excludes halogenated alkanes) is 1. The van der Waals surface area contributed by atoms with Crippen LogP contribution in [0.4, 0.5) is 0 Å². The highest BCUT2D eigenvalue weighted by atomic mass is 15.0. The summed E-state index contributed by atoms with van der Waals surface area (Å²) in [5.74, 6) is 0. The molecule has 0 radical (unpaired) electrons. The summed E-state index contributed by atoms with van der Waals surface area (Å²) in [6, 6.07) is 8.70. The van der Waals surface area contributed by atoms with Crippen molar-refractivity contribution in [2.24, 2.45) is 0 Å². The van der Waals surface area contributed by atoms with Crippen LogP contribution >= 0.6 is 0 Å². The zero-order chi connectivity index (χ0) is 11.9. The predicted molar refractivity (Wildman–Crippen MR) is 70.4 cm³/mol. The minimum absolute atomic E-state index is 1.10. The molecule has 0 saturated heterocycles. The predicted octanol–water partition coefficient (Wildman–Crippen LogP) is 2.41. The summed E-state index contributed by atoms with van der Waals surface area (Å²) in [5, 5.41) is 3.17. The summed E-state index contributed by atoms with van der Waals surface area (Å²) in [4.78, 5) is 4.05. The Kier molecular flexibility index (Phi) is 4.33. The molecule has 0 bridgehead atoms. The molecule has 1 aromatic heterocycles. The molecule has 0 fully saturated rings. The van der Waals surface area contributed by atoms with Crippen LogP contribution in [0.25, 0.3) is 5.69 Å². The van der Waals surface area contributed by atoms with E-state index in [0.29, 0.717) is 0 Å². The first kappa shape index (κ1) is 11.9. The molecule has 17 heavy (non-hydrogen) atoms. The van der Waals surface area contributed by atoms with Gasteiger partial charge in [0.25, 0.3) is 0 Å². The Balaban J connectivity index is 1.90. The Morgan fingerprint density at radius 2 is 2.00 bits per heavy atom. The van der Waals surface area contributed by atoms with Crippen molar-refractivity contribution in [2.45, 2.75) is 19.3 Å². The van der Waals surface area contributed by atoms with Crippen molar-refractivity contribution < 1.29 is 0 Å². The van der Waals surface area contributed by atoms with Gasteiger partial charge in [0.2, 0.25) is 0 Å². The standard InChI is InChI=1S/C14H19N3/c1-15-9-3-2-4-13-5-7-14(8-6-13)17-11-10-16-12-17/h5-8,10-12,15H,2-4,9H2,1H3. The van der Waals surface area contributed by atoms with E-state index >= 15 is 0 Å². The molecule has 0 unspecified atom stereocenters. The highest BCUT2D eigenvalue weighted by Crippen LogP contribution is 2.11. The van der Waals surface area contributed by atoms with Gasteiger partial charge in [0.15, 0.2) is 0 Å². The van der Waals surface area contributed by atoms with Crippen LogP contribution in [-0.4, -0.2) is 23.1 Å². The fourth-order valence-corrected chi connectivity index (χ4v) is 1.88. The van der Waals surface area contributed by atoms with Crippen molar-refractivity contribution in [3.63, 3.8) is 0 Å². The van der Waals surface area contributed by atoms with Gasteiger partial charge in [-0.1, -0.05) is 12.1 Å². The van der Waals surface area contributed by atoms with E-state index in [1.807, 2.05) is 24.1 Å². The SMILES string of the molecule is CNCCCCc1ccc(-n2ccnc2)cc1. The number of nitrogens with zero attached hydrogens (tertiary/aromatic N) is 2. The third-order valence-electron chi connectivity index (χ3n) is 2.88. The molecule has 2 rings (SSSR count). The summed E-state index contributed by atoms with van der Waals surface area (Å²) in [6.07, 6.45) is 9.21. The smallest absolute Gasteiger partial charge is 0.0991 e. The van der Waals surface area contributed by atoms with Crippen LogP contribution in [0, 0.1) is 0 Å². The monoisotopic (exact) mass is 229 g/mol. The van der Waals surface area contributed by atoms with Crippen LogP contribution in [0.5, 0.6) is 0 Å². The van der Waals surface area contributed by atoms with Crippen LogP contribution in [0.1, 0.15) is 18.4 Å². The molecule has 1 N–H and O–H groups in total. The number of aromatic nitrogens is 2. The average Bonchev–Trinajstić information content (AvgIpc) is 2.89. The first-order valence-corrected chi connectivity index (χ1v) is 6.12. The first-order valence-electron chi connectivity index (χ1n) is 6.12. The molecule has 0 atom stereocenters. The number of benzene rings is 1. The molecular weight excluding hydrogens is 210 g/mol. The highest BCUT2D eigenvalue weighted by molar-refractivity contribution is 5.34. The normalized spacial score (nSPS) is 10.6. The molecule has 0 saturated carbocycles. The Labute approximate surface area is 103 Å². The van der Waals surface area contributed by atoms with Gasteiger partial charge in [-0.15, -0.1) is 0 Å². The molecule has 0 aliphatic heterocycles. The van der Waals surface area contributed by atoms with E-state index < -0.39 is 0 Å². The van der Waals surface area contributed by atoms with E-state index in [-0.39, 0.29) is 0 Å². The lowest BCUT2D eigenvalue weighted by molar-refractivity contribution is 0.677. The molecule has 1 aromatic carbocycles. The summed E-state index contributed by atoms with van der Waals surface area (Å²) in [6.45, 7) is 1.10. The lowest BCUT2D eigenvalue weighted by Gasteiger charge is -2.05. The topological polar surface area (TPSA) is 29.9 Å². The van der Waals surface area contributed by atoms with Crippen LogP contribution in [0.2, 0.25) is 0 Å². The summed E-state index contributed by atoms with van der Waals surface area (Å²) < 4.78 is 2.02. The number of hydrogen-bond donors (Lipinski definition) is 1. The molecule has 3 heteroatoms. The van der Waals surface area contributed by atoms with Gasteiger partial charge in [-0.2, -0.15) is 0 Å². The number of nitrogens with one attached hydrogen (secondary N) is 1. The van der Waals surface area contributed by atoms with E-state index in [2.05, 4.69) is 34.6 Å². The van der Waals surface area contributed by atoms with Gasteiger partial charge in [-0.25, -0.2) is 4.98 Å². The van der Waals surface area contributed by atoms with Crippen molar-refractivity contribution in [3.8, 4) is 5.69 Å². The lowest BCUT2D eigenvalue weighted by atomic mass is 10.1. The second-order valence-corrected chi connectivity index (χ2v) is 4.20. The maximum Gasteiger partial charge on any atom is 0.0991 e. The Morgan fingerprint density at radius 1 is 1.18 bits per heavy atom. The molecule has 0 amide bonds. The van der Waals surface area contributed by atoms with Gasteiger partial charge in [-0.05, 0) is 50.6 Å².